The predicted octanol–water partition coefficient (Wildman–Crippen LogP) is 2.92. The van der Waals surface area contributed by atoms with Crippen LogP contribution < -0.4 is 10.6 Å². The number of benzene rings is 1. The summed E-state index contributed by atoms with van der Waals surface area (Å²) in [6, 6.07) is 1.54. The minimum Gasteiger partial charge on any atom is -0.348 e. The highest BCUT2D eigenvalue weighted by atomic mass is 19.2. The molecule has 1 aromatic carbocycles. The number of nitrogens with one attached hydrogen (secondary N) is 2. The van der Waals surface area contributed by atoms with Gasteiger partial charge in [-0.15, -0.1) is 0 Å². The Hall–Kier alpha value is -2.09. The molecule has 5 nitrogen and oxygen atoms in total. The van der Waals surface area contributed by atoms with E-state index in [1.54, 1.807) is 0 Å². The molecular formula is C19H26F3N3O2. The van der Waals surface area contributed by atoms with Gasteiger partial charge in [0, 0.05) is 19.6 Å². The number of carbonyl (C=O) groups excluding carboxylic acids is 2. The van der Waals surface area contributed by atoms with Crippen molar-refractivity contribution in [1.29, 1.82) is 0 Å². The highest BCUT2D eigenvalue weighted by Crippen LogP contribution is 2.21. The van der Waals surface area contributed by atoms with E-state index < -0.39 is 35.0 Å². The van der Waals surface area contributed by atoms with Crippen LogP contribution in [-0.4, -0.2) is 42.9 Å². The molecule has 8 heteroatoms. The van der Waals surface area contributed by atoms with E-state index in [1.165, 1.54) is 6.42 Å². The second kappa shape index (κ2) is 9.73. The van der Waals surface area contributed by atoms with Crippen molar-refractivity contribution in [2.24, 2.45) is 11.8 Å². The third kappa shape index (κ3) is 6.23. The van der Waals surface area contributed by atoms with Crippen LogP contribution in [0.3, 0.4) is 0 Å². The maximum Gasteiger partial charge on any atom is 0.313 e. The summed E-state index contributed by atoms with van der Waals surface area (Å²) in [5.41, 5.74) is -0.581. The SMILES string of the molecule is CC1CC(C)CN(CCCCNC(=O)C(=O)Nc2ccc(F)c(F)c2F)C1. The number of nitrogens with zero attached hydrogens (tertiary/aromatic N) is 1. The summed E-state index contributed by atoms with van der Waals surface area (Å²) >= 11 is 0. The molecule has 1 aromatic rings. The van der Waals surface area contributed by atoms with Crippen LogP contribution in [0.5, 0.6) is 0 Å². The first kappa shape index (κ1) is 21.2. The molecule has 2 atom stereocenters. The van der Waals surface area contributed by atoms with E-state index in [-0.39, 0.29) is 0 Å². The molecule has 150 valence electrons. The number of halogens is 3. The molecule has 1 aliphatic rings. The fourth-order valence-electron chi connectivity index (χ4n) is 3.52. The highest BCUT2D eigenvalue weighted by molar-refractivity contribution is 6.39. The quantitative estimate of drug-likeness (QED) is 0.450. The van der Waals surface area contributed by atoms with E-state index in [0.717, 1.165) is 32.1 Å². The number of unbranched alkanes of at least 4 members (excludes halogenated alkanes) is 1. The van der Waals surface area contributed by atoms with Crippen LogP contribution in [0.1, 0.15) is 33.1 Å². The maximum absolute atomic E-state index is 13.5. The van der Waals surface area contributed by atoms with E-state index in [0.29, 0.717) is 30.9 Å². The smallest absolute Gasteiger partial charge is 0.313 e. The Kier molecular flexibility index (Phi) is 7.65. The van der Waals surface area contributed by atoms with Crippen LogP contribution in [-0.2, 0) is 9.59 Å². The Morgan fingerprint density at radius 3 is 2.37 bits per heavy atom. The Labute approximate surface area is 157 Å². The summed E-state index contributed by atoms with van der Waals surface area (Å²) in [6.45, 7) is 7.91. The van der Waals surface area contributed by atoms with E-state index in [2.05, 4.69) is 24.1 Å². The topological polar surface area (TPSA) is 61.4 Å². The number of likely N-dealkylation sites (tertiary alicyclic amines) is 1. The van der Waals surface area contributed by atoms with Gasteiger partial charge in [-0.3, -0.25) is 9.59 Å². The van der Waals surface area contributed by atoms with Crippen LogP contribution in [0, 0.1) is 29.3 Å². The molecule has 27 heavy (non-hydrogen) atoms. The van der Waals surface area contributed by atoms with Gasteiger partial charge in [0.15, 0.2) is 17.5 Å². The normalized spacial score (nSPS) is 20.3. The highest BCUT2D eigenvalue weighted by Gasteiger charge is 2.21. The second-order valence-corrected chi connectivity index (χ2v) is 7.35. The van der Waals surface area contributed by atoms with Crippen LogP contribution in [0.2, 0.25) is 0 Å². The van der Waals surface area contributed by atoms with Crippen molar-refractivity contribution in [2.75, 3.05) is 31.5 Å². The van der Waals surface area contributed by atoms with Crippen molar-refractivity contribution in [3.63, 3.8) is 0 Å². The number of hydrogen-bond donors (Lipinski definition) is 2. The summed E-state index contributed by atoms with van der Waals surface area (Å²) in [5, 5.41) is 4.38. The zero-order chi connectivity index (χ0) is 20.0. The average Bonchev–Trinajstić information content (AvgIpc) is 2.60. The van der Waals surface area contributed by atoms with Gasteiger partial charge in [0.25, 0.3) is 0 Å². The monoisotopic (exact) mass is 385 g/mol. The molecule has 0 aromatic heterocycles. The molecule has 1 fully saturated rings. The van der Waals surface area contributed by atoms with E-state index in [1.807, 2.05) is 5.32 Å². The Balaban J connectivity index is 1.68. The van der Waals surface area contributed by atoms with Crippen LogP contribution in [0.4, 0.5) is 18.9 Å². The lowest BCUT2D eigenvalue weighted by molar-refractivity contribution is -0.136. The Morgan fingerprint density at radius 1 is 1.04 bits per heavy atom. The minimum absolute atomic E-state index is 0.311. The summed E-state index contributed by atoms with van der Waals surface area (Å²) in [6.07, 6.45) is 2.84. The number of carbonyl (C=O) groups is 2. The molecule has 2 amide bonds. The average molecular weight is 385 g/mol. The lowest BCUT2D eigenvalue weighted by Gasteiger charge is -2.34. The van der Waals surface area contributed by atoms with E-state index in [9.17, 15) is 22.8 Å². The van der Waals surface area contributed by atoms with Gasteiger partial charge in [0.05, 0.1) is 5.69 Å². The molecule has 2 rings (SSSR count). The molecule has 0 saturated carbocycles. The molecule has 0 bridgehead atoms. The number of hydrogen-bond acceptors (Lipinski definition) is 3. The van der Waals surface area contributed by atoms with E-state index >= 15 is 0 Å². The first-order chi connectivity index (χ1) is 12.8. The van der Waals surface area contributed by atoms with Gasteiger partial charge in [-0.25, -0.2) is 13.2 Å². The standard InChI is InChI=1S/C19H26F3N3O2/c1-12-9-13(2)11-25(10-12)8-4-3-7-23-18(26)19(27)24-15-6-5-14(20)16(21)17(15)22/h5-6,12-13H,3-4,7-11H2,1-2H3,(H,23,26)(H,24,27). The molecule has 1 heterocycles. The van der Waals surface area contributed by atoms with Crippen LogP contribution in [0.25, 0.3) is 0 Å². The molecule has 2 N–H and O–H groups in total. The van der Waals surface area contributed by atoms with Gasteiger partial charge < -0.3 is 15.5 Å². The third-order valence-electron chi connectivity index (χ3n) is 4.62. The van der Waals surface area contributed by atoms with Crippen molar-refractivity contribution in [3.05, 3.63) is 29.6 Å². The fraction of sp³-hybridized carbons (Fsp3) is 0.579. The van der Waals surface area contributed by atoms with Crippen molar-refractivity contribution < 1.29 is 22.8 Å². The number of rotatable bonds is 6. The first-order valence-corrected chi connectivity index (χ1v) is 9.23. The van der Waals surface area contributed by atoms with Crippen molar-refractivity contribution in [2.45, 2.75) is 33.1 Å². The minimum atomic E-state index is -1.70. The largest absolute Gasteiger partial charge is 0.348 e. The molecular weight excluding hydrogens is 359 g/mol. The van der Waals surface area contributed by atoms with Crippen LogP contribution in [0.15, 0.2) is 12.1 Å². The second-order valence-electron chi connectivity index (χ2n) is 7.35. The Bertz CT molecular complexity index is 674. The molecule has 0 spiro atoms. The summed E-state index contributed by atoms with van der Waals surface area (Å²) < 4.78 is 39.5. The zero-order valence-corrected chi connectivity index (χ0v) is 15.7. The molecule has 0 radical (unpaired) electrons. The summed E-state index contributed by atoms with van der Waals surface area (Å²) in [7, 11) is 0. The predicted molar refractivity (Wildman–Crippen MR) is 96.6 cm³/mol. The first-order valence-electron chi connectivity index (χ1n) is 9.23. The third-order valence-corrected chi connectivity index (χ3v) is 4.62. The summed E-state index contributed by atoms with van der Waals surface area (Å²) in [5.74, 6) is -5.30. The number of anilines is 1. The van der Waals surface area contributed by atoms with Gasteiger partial charge >= 0.3 is 11.8 Å². The number of piperidine rings is 1. The lowest BCUT2D eigenvalue weighted by Crippen LogP contribution is -2.39. The lowest BCUT2D eigenvalue weighted by atomic mass is 9.92. The van der Waals surface area contributed by atoms with Crippen LogP contribution >= 0.6 is 0 Å². The van der Waals surface area contributed by atoms with Gasteiger partial charge in [-0.1, -0.05) is 13.8 Å². The number of amides is 2. The van der Waals surface area contributed by atoms with E-state index in [4.69, 9.17) is 0 Å². The zero-order valence-electron chi connectivity index (χ0n) is 15.7. The van der Waals surface area contributed by atoms with Crippen molar-refractivity contribution in [3.8, 4) is 0 Å². The maximum atomic E-state index is 13.5. The van der Waals surface area contributed by atoms with Crippen molar-refractivity contribution >= 4 is 17.5 Å². The Morgan fingerprint density at radius 2 is 1.70 bits per heavy atom. The molecule has 2 unspecified atom stereocenters. The molecule has 1 aliphatic heterocycles. The van der Waals surface area contributed by atoms with Gasteiger partial charge in [-0.05, 0) is 49.8 Å². The summed E-state index contributed by atoms with van der Waals surface area (Å²) in [4.78, 5) is 25.9. The van der Waals surface area contributed by atoms with Gasteiger partial charge in [-0.2, -0.15) is 0 Å². The van der Waals surface area contributed by atoms with Crippen molar-refractivity contribution in [1.82, 2.24) is 10.2 Å². The molecule has 0 aliphatic carbocycles. The van der Waals surface area contributed by atoms with Gasteiger partial charge in [0.2, 0.25) is 0 Å². The molecule has 1 saturated heterocycles. The fourth-order valence-corrected chi connectivity index (χ4v) is 3.52. The van der Waals surface area contributed by atoms with Gasteiger partial charge in [0.1, 0.15) is 0 Å².